The molecule has 0 radical (unpaired) electrons. The zero-order chi connectivity index (χ0) is 17.5. The lowest BCUT2D eigenvalue weighted by Gasteiger charge is -2.33. The van der Waals surface area contributed by atoms with Gasteiger partial charge in [-0.15, -0.1) is 6.42 Å². The number of terminal acetylenes is 1. The molecule has 1 aromatic rings. The van der Waals surface area contributed by atoms with E-state index in [2.05, 4.69) is 31.5 Å². The van der Waals surface area contributed by atoms with Crippen LogP contribution in [-0.4, -0.2) is 55.0 Å². The van der Waals surface area contributed by atoms with Crippen LogP contribution in [0.3, 0.4) is 0 Å². The smallest absolute Gasteiger partial charge is 0.387 e. The Labute approximate surface area is 148 Å². The summed E-state index contributed by atoms with van der Waals surface area (Å²) in [7, 11) is 0. The molecule has 1 amide bonds. The van der Waals surface area contributed by atoms with Crippen molar-refractivity contribution in [3.63, 3.8) is 0 Å². The van der Waals surface area contributed by atoms with E-state index in [4.69, 9.17) is 6.42 Å². The van der Waals surface area contributed by atoms with Crippen molar-refractivity contribution in [3.8, 4) is 18.1 Å². The van der Waals surface area contributed by atoms with Crippen LogP contribution in [-0.2, 0) is 4.79 Å². The molecule has 0 spiro atoms. The predicted octanol–water partition coefficient (Wildman–Crippen LogP) is 2.84. The maximum Gasteiger partial charge on any atom is 0.387 e. The molecule has 1 aliphatic rings. The van der Waals surface area contributed by atoms with Crippen LogP contribution in [0.25, 0.3) is 6.08 Å². The van der Waals surface area contributed by atoms with E-state index in [1.54, 1.807) is 17.0 Å². The van der Waals surface area contributed by atoms with Crippen molar-refractivity contribution in [2.24, 2.45) is 0 Å². The highest BCUT2D eigenvalue weighted by Crippen LogP contribution is 2.26. The molecule has 1 saturated heterocycles. The molecule has 0 atom stereocenters. The molecule has 0 aromatic heterocycles. The van der Waals surface area contributed by atoms with Crippen LogP contribution < -0.4 is 4.74 Å². The van der Waals surface area contributed by atoms with E-state index in [0.29, 0.717) is 29.7 Å². The number of amides is 1. The molecule has 1 aliphatic heterocycles. The van der Waals surface area contributed by atoms with E-state index in [0.717, 1.165) is 13.1 Å². The van der Waals surface area contributed by atoms with Gasteiger partial charge in [-0.25, -0.2) is 0 Å². The maximum absolute atomic E-state index is 12.4. The van der Waals surface area contributed by atoms with Gasteiger partial charge >= 0.3 is 6.61 Å². The van der Waals surface area contributed by atoms with Crippen molar-refractivity contribution in [2.75, 3.05) is 32.7 Å². The third kappa shape index (κ3) is 5.32. The van der Waals surface area contributed by atoms with E-state index in [1.165, 1.54) is 18.2 Å². The Hall–Kier alpha value is -1.91. The number of benzene rings is 1. The molecule has 1 aromatic carbocycles. The van der Waals surface area contributed by atoms with Gasteiger partial charge in [0.1, 0.15) is 5.75 Å². The first-order chi connectivity index (χ1) is 11.5. The minimum absolute atomic E-state index is 0.0242. The normalized spacial score (nSPS) is 15.7. The molecule has 0 bridgehead atoms. The molecule has 128 valence electrons. The van der Waals surface area contributed by atoms with Crippen LogP contribution >= 0.6 is 15.9 Å². The highest BCUT2D eigenvalue weighted by Gasteiger charge is 2.19. The van der Waals surface area contributed by atoms with Gasteiger partial charge in [0.25, 0.3) is 0 Å². The monoisotopic (exact) mass is 398 g/mol. The molecule has 24 heavy (non-hydrogen) atoms. The van der Waals surface area contributed by atoms with Gasteiger partial charge in [0.05, 0.1) is 6.54 Å². The summed E-state index contributed by atoms with van der Waals surface area (Å²) in [5.41, 5.74) is 0.406. The lowest BCUT2D eigenvalue weighted by atomic mass is 10.2. The SMILES string of the molecule is C#CCN1CCN(C(=O)/C=C/c2cc(Br)ccc2OC(F)F)CC1. The first-order valence-corrected chi connectivity index (χ1v) is 8.16. The van der Waals surface area contributed by atoms with Crippen LogP contribution in [0, 0.1) is 12.3 Å². The van der Waals surface area contributed by atoms with Crippen molar-refractivity contribution in [2.45, 2.75) is 6.61 Å². The summed E-state index contributed by atoms with van der Waals surface area (Å²) in [6, 6.07) is 4.65. The van der Waals surface area contributed by atoms with Gasteiger partial charge in [-0.1, -0.05) is 21.9 Å². The fourth-order valence-corrected chi connectivity index (χ4v) is 2.75. The summed E-state index contributed by atoms with van der Waals surface area (Å²) in [6.45, 7) is 0.275. The number of halogens is 3. The summed E-state index contributed by atoms with van der Waals surface area (Å²) in [4.78, 5) is 16.0. The lowest BCUT2D eigenvalue weighted by molar-refractivity contribution is -0.127. The molecule has 7 heteroatoms. The standard InChI is InChI=1S/C17H17BrF2N2O2/c1-2-7-21-8-10-22(11-9-21)16(23)6-3-13-12-14(18)4-5-15(13)24-17(19)20/h1,3-6,12,17H,7-11H2/b6-3+. The minimum Gasteiger partial charge on any atom is -0.434 e. The van der Waals surface area contributed by atoms with E-state index < -0.39 is 6.61 Å². The Kier molecular flexibility index (Phi) is 6.76. The summed E-state index contributed by atoms with van der Waals surface area (Å²) >= 11 is 3.27. The van der Waals surface area contributed by atoms with Gasteiger partial charge in [0, 0.05) is 42.3 Å². The van der Waals surface area contributed by atoms with Crippen LogP contribution in [0.5, 0.6) is 5.75 Å². The average molecular weight is 399 g/mol. The third-order valence-electron chi connectivity index (χ3n) is 3.59. The molecule has 2 rings (SSSR count). The van der Waals surface area contributed by atoms with E-state index in [1.807, 2.05) is 0 Å². The summed E-state index contributed by atoms with van der Waals surface area (Å²) in [6.07, 6.45) is 8.13. The molecule has 1 fully saturated rings. The number of carbonyl (C=O) groups excluding carboxylic acids is 1. The quantitative estimate of drug-likeness (QED) is 0.564. The Morgan fingerprint density at radius 3 is 2.71 bits per heavy atom. The van der Waals surface area contributed by atoms with Gasteiger partial charge in [-0.3, -0.25) is 9.69 Å². The molecule has 1 heterocycles. The number of piperazine rings is 1. The van der Waals surface area contributed by atoms with Gasteiger partial charge in [0.15, 0.2) is 0 Å². The summed E-state index contributed by atoms with van der Waals surface area (Å²) in [5.74, 6) is 2.44. The Bertz CT molecular complexity index is 650. The summed E-state index contributed by atoms with van der Waals surface area (Å²) < 4.78 is 30.0. The first-order valence-electron chi connectivity index (χ1n) is 7.37. The highest BCUT2D eigenvalue weighted by molar-refractivity contribution is 9.10. The number of hydrogen-bond donors (Lipinski definition) is 0. The molecule has 0 N–H and O–H groups in total. The number of rotatable bonds is 5. The second kappa shape index (κ2) is 8.81. The molecule has 4 nitrogen and oxygen atoms in total. The van der Waals surface area contributed by atoms with Crippen LogP contribution in [0.15, 0.2) is 28.7 Å². The first kappa shape index (κ1) is 18.4. The largest absolute Gasteiger partial charge is 0.434 e. The van der Waals surface area contributed by atoms with Crippen molar-refractivity contribution in [1.82, 2.24) is 9.80 Å². The van der Waals surface area contributed by atoms with Crippen molar-refractivity contribution >= 4 is 27.9 Å². The Balaban J connectivity index is 2.01. The molecular formula is C17H17BrF2N2O2. The van der Waals surface area contributed by atoms with Gasteiger partial charge in [0.2, 0.25) is 5.91 Å². The van der Waals surface area contributed by atoms with Crippen LogP contribution in [0.1, 0.15) is 5.56 Å². The maximum atomic E-state index is 12.4. The van der Waals surface area contributed by atoms with E-state index >= 15 is 0 Å². The zero-order valence-electron chi connectivity index (χ0n) is 12.9. The number of ether oxygens (including phenoxy) is 1. The lowest BCUT2D eigenvalue weighted by Crippen LogP contribution is -2.48. The predicted molar refractivity (Wildman–Crippen MR) is 91.7 cm³/mol. The summed E-state index contributed by atoms with van der Waals surface area (Å²) in [5, 5.41) is 0. The molecule has 0 aliphatic carbocycles. The Morgan fingerprint density at radius 1 is 1.38 bits per heavy atom. The Morgan fingerprint density at radius 2 is 2.08 bits per heavy atom. The topological polar surface area (TPSA) is 32.8 Å². The van der Waals surface area contributed by atoms with Crippen molar-refractivity contribution < 1.29 is 18.3 Å². The molecule has 0 unspecified atom stereocenters. The number of nitrogens with zero attached hydrogens (tertiary/aromatic N) is 2. The highest BCUT2D eigenvalue weighted by atomic mass is 79.9. The zero-order valence-corrected chi connectivity index (χ0v) is 14.5. The minimum atomic E-state index is -2.92. The fourth-order valence-electron chi connectivity index (χ4n) is 2.37. The number of alkyl halides is 2. The van der Waals surface area contributed by atoms with Gasteiger partial charge < -0.3 is 9.64 Å². The second-order valence-electron chi connectivity index (χ2n) is 5.20. The van der Waals surface area contributed by atoms with E-state index in [9.17, 15) is 13.6 Å². The molecule has 0 saturated carbocycles. The van der Waals surface area contributed by atoms with Gasteiger partial charge in [-0.2, -0.15) is 8.78 Å². The van der Waals surface area contributed by atoms with Crippen LogP contribution in [0.2, 0.25) is 0 Å². The average Bonchev–Trinajstić information content (AvgIpc) is 2.55. The van der Waals surface area contributed by atoms with E-state index in [-0.39, 0.29) is 11.7 Å². The van der Waals surface area contributed by atoms with Crippen LogP contribution in [0.4, 0.5) is 8.78 Å². The number of hydrogen-bond acceptors (Lipinski definition) is 3. The number of carbonyl (C=O) groups is 1. The fraction of sp³-hybridized carbons (Fsp3) is 0.353. The third-order valence-corrected chi connectivity index (χ3v) is 4.09. The van der Waals surface area contributed by atoms with Crippen molar-refractivity contribution in [1.29, 1.82) is 0 Å². The molecular weight excluding hydrogens is 382 g/mol. The second-order valence-corrected chi connectivity index (χ2v) is 6.12. The van der Waals surface area contributed by atoms with Crippen molar-refractivity contribution in [3.05, 3.63) is 34.3 Å². The van der Waals surface area contributed by atoms with Gasteiger partial charge in [-0.05, 0) is 24.3 Å².